The summed E-state index contributed by atoms with van der Waals surface area (Å²) in [7, 11) is -3.71. The first-order chi connectivity index (χ1) is 11.6. The topological polar surface area (TPSA) is 66.5 Å². The Morgan fingerprint density at radius 1 is 1.12 bits per heavy atom. The monoisotopic (exact) mass is 400 g/mol. The largest absolute Gasteiger partial charge is 0.324 e. The van der Waals surface area contributed by atoms with E-state index in [9.17, 15) is 13.2 Å². The van der Waals surface area contributed by atoms with Crippen molar-refractivity contribution in [2.24, 2.45) is 0 Å². The summed E-state index contributed by atoms with van der Waals surface area (Å²) in [6, 6.07) is 10.5. The fraction of sp³-hybridized carbons (Fsp3) is 0.235. The zero-order valence-corrected chi connectivity index (χ0v) is 16.3. The lowest BCUT2D eigenvalue weighted by molar-refractivity contribution is -0.116. The van der Waals surface area contributed by atoms with Gasteiger partial charge in [0.15, 0.2) is 0 Å². The average molecular weight is 401 g/mol. The molecular weight excluding hydrogens is 383 g/mol. The van der Waals surface area contributed by atoms with E-state index in [1.807, 2.05) is 0 Å². The van der Waals surface area contributed by atoms with Gasteiger partial charge in [0.1, 0.15) is 6.04 Å². The second-order valence-electron chi connectivity index (χ2n) is 5.67. The molecule has 2 aromatic carbocycles. The zero-order valence-electron chi connectivity index (χ0n) is 14.0. The lowest BCUT2D eigenvalue weighted by Gasteiger charge is -2.29. The van der Waals surface area contributed by atoms with Crippen LogP contribution in [0, 0.1) is 6.92 Å². The Kier molecular flexibility index (Phi) is 5.98. The number of hydrogen-bond acceptors (Lipinski definition) is 3. The highest BCUT2D eigenvalue weighted by Crippen LogP contribution is 2.28. The third-order valence-corrected chi connectivity index (χ3v) is 5.29. The number of rotatable bonds is 5. The van der Waals surface area contributed by atoms with Crippen LogP contribution in [0.3, 0.4) is 0 Å². The smallest absolute Gasteiger partial charge is 0.247 e. The number of benzene rings is 2. The SMILES string of the molecule is Cc1ccc(Cl)cc1N([C@@H](C)C(=O)Nc1cccc(Cl)c1)S(C)(=O)=O. The first kappa shape index (κ1) is 19.6. The van der Waals surface area contributed by atoms with E-state index in [-0.39, 0.29) is 0 Å². The Labute approximate surface area is 157 Å². The zero-order chi connectivity index (χ0) is 18.8. The molecule has 0 aliphatic rings. The van der Waals surface area contributed by atoms with Crippen LogP contribution in [0.4, 0.5) is 11.4 Å². The molecule has 0 aliphatic heterocycles. The Balaban J connectivity index is 2.38. The van der Waals surface area contributed by atoms with Crippen molar-refractivity contribution in [3.63, 3.8) is 0 Å². The molecule has 25 heavy (non-hydrogen) atoms. The number of amides is 1. The third kappa shape index (κ3) is 4.87. The summed E-state index contributed by atoms with van der Waals surface area (Å²) in [5.41, 5.74) is 1.54. The van der Waals surface area contributed by atoms with Crippen LogP contribution in [-0.4, -0.2) is 26.6 Å². The predicted octanol–water partition coefficient (Wildman–Crippen LogP) is 4.10. The minimum atomic E-state index is -3.71. The van der Waals surface area contributed by atoms with Gasteiger partial charge < -0.3 is 5.32 Å². The second-order valence-corrected chi connectivity index (χ2v) is 8.40. The molecule has 1 amide bonds. The molecule has 0 spiro atoms. The van der Waals surface area contributed by atoms with E-state index in [1.165, 1.54) is 13.0 Å². The first-order valence-electron chi connectivity index (χ1n) is 7.41. The Morgan fingerprint density at radius 2 is 1.76 bits per heavy atom. The molecule has 0 aromatic heterocycles. The lowest BCUT2D eigenvalue weighted by atomic mass is 10.1. The van der Waals surface area contributed by atoms with Crippen LogP contribution in [0.15, 0.2) is 42.5 Å². The highest BCUT2D eigenvalue weighted by molar-refractivity contribution is 7.92. The average Bonchev–Trinajstić information content (AvgIpc) is 2.49. The second kappa shape index (κ2) is 7.64. The molecule has 8 heteroatoms. The van der Waals surface area contributed by atoms with Crippen molar-refractivity contribution >= 4 is 50.5 Å². The molecule has 0 saturated heterocycles. The lowest BCUT2D eigenvalue weighted by Crippen LogP contribution is -2.45. The van der Waals surface area contributed by atoms with Crippen LogP contribution < -0.4 is 9.62 Å². The molecule has 0 radical (unpaired) electrons. The number of hydrogen-bond donors (Lipinski definition) is 1. The summed E-state index contributed by atoms with van der Waals surface area (Å²) < 4.78 is 25.7. The molecule has 0 saturated carbocycles. The van der Waals surface area contributed by atoms with Gasteiger partial charge in [-0.3, -0.25) is 9.10 Å². The van der Waals surface area contributed by atoms with E-state index < -0.39 is 22.0 Å². The number of carbonyl (C=O) groups is 1. The van der Waals surface area contributed by atoms with Crippen LogP contribution in [0.1, 0.15) is 12.5 Å². The maximum Gasteiger partial charge on any atom is 0.247 e. The van der Waals surface area contributed by atoms with Crippen molar-refractivity contribution < 1.29 is 13.2 Å². The fourth-order valence-corrected chi connectivity index (χ4v) is 3.99. The first-order valence-corrected chi connectivity index (χ1v) is 10.0. The van der Waals surface area contributed by atoms with Gasteiger partial charge in [0.2, 0.25) is 15.9 Å². The predicted molar refractivity (Wildman–Crippen MR) is 103 cm³/mol. The van der Waals surface area contributed by atoms with Crippen LogP contribution in [0.25, 0.3) is 0 Å². The minimum Gasteiger partial charge on any atom is -0.324 e. The van der Waals surface area contributed by atoms with Gasteiger partial charge in [-0.2, -0.15) is 0 Å². The molecule has 1 N–H and O–H groups in total. The Morgan fingerprint density at radius 3 is 2.36 bits per heavy atom. The summed E-state index contributed by atoms with van der Waals surface area (Å²) >= 11 is 11.9. The maximum atomic E-state index is 12.6. The number of carbonyl (C=O) groups excluding carboxylic acids is 1. The summed E-state index contributed by atoms with van der Waals surface area (Å²) in [5.74, 6) is -0.480. The molecule has 0 fully saturated rings. The molecule has 2 aromatic rings. The number of anilines is 2. The minimum absolute atomic E-state index is 0.365. The quantitative estimate of drug-likeness (QED) is 0.821. The maximum absolute atomic E-state index is 12.6. The van der Waals surface area contributed by atoms with Crippen LogP contribution >= 0.6 is 23.2 Å². The highest BCUT2D eigenvalue weighted by Gasteiger charge is 2.30. The molecule has 1 atom stereocenters. The van der Waals surface area contributed by atoms with E-state index in [0.29, 0.717) is 27.0 Å². The Bertz CT molecular complexity index is 901. The number of sulfonamides is 1. The van der Waals surface area contributed by atoms with Crippen molar-refractivity contribution in [1.29, 1.82) is 0 Å². The number of nitrogens with zero attached hydrogens (tertiary/aromatic N) is 1. The van der Waals surface area contributed by atoms with Crippen LogP contribution in [0.5, 0.6) is 0 Å². The van der Waals surface area contributed by atoms with Crippen molar-refractivity contribution in [3.8, 4) is 0 Å². The molecule has 0 aliphatic carbocycles. The van der Waals surface area contributed by atoms with Gasteiger partial charge in [0, 0.05) is 15.7 Å². The molecule has 5 nitrogen and oxygen atoms in total. The van der Waals surface area contributed by atoms with E-state index >= 15 is 0 Å². The van der Waals surface area contributed by atoms with E-state index in [2.05, 4.69) is 5.32 Å². The van der Waals surface area contributed by atoms with Gasteiger partial charge in [-0.1, -0.05) is 35.3 Å². The Hall–Kier alpha value is -1.76. The summed E-state index contributed by atoms with van der Waals surface area (Å²) in [6.07, 6.45) is 1.05. The van der Waals surface area contributed by atoms with Crippen LogP contribution in [0.2, 0.25) is 10.0 Å². The van der Waals surface area contributed by atoms with Crippen molar-refractivity contribution in [3.05, 3.63) is 58.1 Å². The summed E-state index contributed by atoms with van der Waals surface area (Å²) in [4.78, 5) is 12.6. The van der Waals surface area contributed by atoms with Gasteiger partial charge in [-0.05, 0) is 49.7 Å². The molecule has 0 bridgehead atoms. The molecule has 2 rings (SSSR count). The summed E-state index contributed by atoms with van der Waals surface area (Å²) in [5, 5.41) is 3.53. The van der Waals surface area contributed by atoms with E-state index in [4.69, 9.17) is 23.2 Å². The standard InChI is InChI=1S/C17H18Cl2N2O3S/c1-11-7-8-14(19)10-16(11)21(25(3,23)24)12(2)17(22)20-15-6-4-5-13(18)9-15/h4-10,12H,1-3H3,(H,20,22)/t12-/m0/s1. The van der Waals surface area contributed by atoms with E-state index in [0.717, 1.165) is 10.6 Å². The van der Waals surface area contributed by atoms with Gasteiger partial charge in [-0.15, -0.1) is 0 Å². The number of aryl methyl sites for hydroxylation is 1. The summed E-state index contributed by atoms with van der Waals surface area (Å²) in [6.45, 7) is 3.27. The molecular formula is C17H18Cl2N2O3S. The number of halogens is 2. The number of nitrogens with one attached hydrogen (secondary N) is 1. The van der Waals surface area contributed by atoms with Gasteiger partial charge in [0.25, 0.3) is 0 Å². The molecule has 0 unspecified atom stereocenters. The van der Waals surface area contributed by atoms with Crippen molar-refractivity contribution in [1.82, 2.24) is 0 Å². The van der Waals surface area contributed by atoms with Gasteiger partial charge in [0.05, 0.1) is 11.9 Å². The fourth-order valence-electron chi connectivity index (χ4n) is 2.41. The molecule has 0 heterocycles. The van der Waals surface area contributed by atoms with Crippen molar-refractivity contribution in [2.45, 2.75) is 19.9 Å². The molecule has 134 valence electrons. The van der Waals surface area contributed by atoms with E-state index in [1.54, 1.807) is 43.3 Å². The van der Waals surface area contributed by atoms with Gasteiger partial charge >= 0.3 is 0 Å². The van der Waals surface area contributed by atoms with Crippen LogP contribution in [-0.2, 0) is 14.8 Å². The van der Waals surface area contributed by atoms with Gasteiger partial charge in [-0.25, -0.2) is 8.42 Å². The van der Waals surface area contributed by atoms with Crippen molar-refractivity contribution in [2.75, 3.05) is 15.9 Å². The normalized spacial score (nSPS) is 12.5. The highest BCUT2D eigenvalue weighted by atomic mass is 35.5. The third-order valence-electron chi connectivity index (χ3n) is 3.59.